The van der Waals surface area contributed by atoms with Crippen LogP contribution in [-0.4, -0.2) is 15.4 Å². The molecule has 0 bridgehead atoms. The van der Waals surface area contributed by atoms with Gasteiger partial charge in [-0.05, 0) is 0 Å². The fraction of sp³-hybridized carbons (Fsp3) is 1.00. The summed E-state index contributed by atoms with van der Waals surface area (Å²) < 4.78 is 34.6. The number of rotatable bonds is 1. The van der Waals surface area contributed by atoms with Crippen molar-refractivity contribution in [2.75, 3.05) is 0 Å². The molecule has 0 nitrogen and oxygen atoms in total. The normalized spacial score (nSPS) is 15.8. The summed E-state index contributed by atoms with van der Waals surface area (Å²) in [7, 11) is -2.45. The predicted molar refractivity (Wildman–Crippen MR) is 40.3 cm³/mol. The zero-order chi connectivity index (χ0) is 7.71. The van der Waals surface area contributed by atoms with Gasteiger partial charge in [0.1, 0.15) is 0 Å². The van der Waals surface area contributed by atoms with Crippen LogP contribution in [0.3, 0.4) is 0 Å². The molecule has 6 heteroatoms. The van der Waals surface area contributed by atoms with Gasteiger partial charge in [0.2, 0.25) is 0 Å². The van der Waals surface area contributed by atoms with Crippen LogP contribution in [0.2, 0.25) is 11.1 Å². The summed E-state index contributed by atoms with van der Waals surface area (Å²) in [5.74, 6) is 1.56. The molecule has 0 aliphatic heterocycles. The Morgan fingerprint density at radius 3 is 1.67 bits per heavy atom. The van der Waals surface area contributed by atoms with Gasteiger partial charge >= 0.3 is 67.9 Å². The van der Waals surface area contributed by atoms with E-state index in [-0.39, 0.29) is 0 Å². The molecule has 0 heterocycles. The zero-order valence-corrected chi connectivity index (χ0v) is 9.39. The molecule has 0 fully saturated rings. The van der Waals surface area contributed by atoms with E-state index in [4.69, 9.17) is 0 Å². The second-order valence-electron chi connectivity index (χ2n) is 1.63. The molecule has 0 amide bonds. The van der Waals surface area contributed by atoms with E-state index in [9.17, 15) is 13.2 Å². The van der Waals surface area contributed by atoms with Crippen molar-refractivity contribution in [3.8, 4) is 0 Å². The van der Waals surface area contributed by atoms with Crippen LogP contribution in [-0.2, 0) is 0 Å². The van der Waals surface area contributed by atoms with Crippen molar-refractivity contribution in [2.24, 2.45) is 0 Å². The molecule has 0 unspecified atom stereocenters. The first kappa shape index (κ1) is 10.3. The topological polar surface area (TPSA) is 0 Å². The molecule has 9 heavy (non-hydrogen) atoms. The van der Waals surface area contributed by atoms with E-state index in [0.29, 0.717) is 0 Å². The molecule has 0 aromatic carbocycles. The van der Waals surface area contributed by atoms with Crippen LogP contribution in [0, 0.1) is 0 Å². The van der Waals surface area contributed by atoms with Gasteiger partial charge in [-0.25, -0.2) is 0 Å². The number of hydrogen-bond donors (Lipinski definition) is 0. The van der Waals surface area contributed by atoms with Crippen molar-refractivity contribution in [1.29, 1.82) is 0 Å². The first-order chi connectivity index (χ1) is 3.71. The quantitative estimate of drug-likeness (QED) is 0.644. The molecule has 0 saturated carbocycles. The first-order valence-corrected chi connectivity index (χ1v) is 12.9. The Labute approximate surface area is 67.8 Å². The summed E-state index contributed by atoms with van der Waals surface area (Å²) in [6, 6.07) is 0. The minimum absolute atomic E-state index is 0.719. The van der Waals surface area contributed by atoms with Gasteiger partial charge in [-0.2, -0.15) is 0 Å². The van der Waals surface area contributed by atoms with Gasteiger partial charge < -0.3 is 0 Å². The zero-order valence-electron chi connectivity index (χ0n) is 4.51. The summed E-state index contributed by atoms with van der Waals surface area (Å²) >= 11 is 5.93. The van der Waals surface area contributed by atoms with Crippen molar-refractivity contribution in [3.05, 3.63) is 0 Å². The molecule has 0 spiro atoms. The number of alkyl halides is 3. The Kier molecular flexibility index (Phi) is 3.55. The van der Waals surface area contributed by atoms with Crippen molar-refractivity contribution in [2.45, 2.75) is 17.3 Å². The van der Waals surface area contributed by atoms with Crippen LogP contribution >= 0.6 is 28.2 Å². The molecule has 0 aliphatic carbocycles. The molecule has 0 radical (unpaired) electrons. The Morgan fingerprint density at radius 2 is 1.67 bits per heavy atom. The summed E-state index contributed by atoms with van der Waals surface area (Å²) in [6.07, 6.45) is -4.04. The summed E-state index contributed by atoms with van der Waals surface area (Å²) in [5.41, 5.74) is 0. The fourth-order valence-electron chi connectivity index (χ4n) is 0.287. The minimum atomic E-state index is -4.04. The maximum absolute atomic E-state index is 11.5. The molecule has 0 atom stereocenters. The Hall–Kier alpha value is 1.27. The third-order valence-corrected chi connectivity index (χ3v) is 4.55. The molecule has 0 aromatic rings. The monoisotopic (exact) mass is 336 g/mol. The Balaban J connectivity index is 3.75. The van der Waals surface area contributed by atoms with Gasteiger partial charge in [0.05, 0.1) is 0 Å². The second-order valence-corrected chi connectivity index (χ2v) is 25.3. The Morgan fingerprint density at radius 1 is 1.33 bits per heavy atom. The van der Waals surface area contributed by atoms with E-state index in [0.717, 1.165) is 0 Å². The van der Waals surface area contributed by atoms with Crippen LogP contribution in [0.25, 0.3) is 0 Å². The average Bonchev–Trinajstić information content (AvgIpc) is 1.14. The summed E-state index contributed by atoms with van der Waals surface area (Å²) in [6.45, 7) is 0. The molecular formula is C3H5Br2F3Se. The average molecular weight is 337 g/mol. The third kappa shape index (κ3) is 9.27. The summed E-state index contributed by atoms with van der Waals surface area (Å²) in [4.78, 5) is 0. The van der Waals surface area contributed by atoms with E-state index in [2.05, 4.69) is 28.2 Å². The van der Waals surface area contributed by atoms with E-state index >= 15 is 0 Å². The van der Waals surface area contributed by atoms with Crippen molar-refractivity contribution >= 4 is 37.4 Å². The first-order valence-electron chi connectivity index (χ1n) is 1.93. The maximum atomic E-state index is 11.5. The molecule has 0 saturated heterocycles. The van der Waals surface area contributed by atoms with Gasteiger partial charge in [-0.1, -0.05) is 0 Å². The predicted octanol–water partition coefficient (Wildman–Crippen LogP) is 3.41. The van der Waals surface area contributed by atoms with Crippen LogP contribution in [0.1, 0.15) is 0 Å². The van der Waals surface area contributed by atoms with Gasteiger partial charge in [-0.15, -0.1) is 0 Å². The van der Waals surface area contributed by atoms with Gasteiger partial charge in [0.15, 0.2) is 0 Å². The third-order valence-electron chi connectivity index (χ3n) is 0.417. The van der Waals surface area contributed by atoms with E-state index in [1.165, 1.54) is 0 Å². The Bertz CT molecular complexity index is 82.2. The number of halogens is 5. The second kappa shape index (κ2) is 3.11. The van der Waals surface area contributed by atoms with Gasteiger partial charge in [0.25, 0.3) is 0 Å². The molecule has 0 aromatic heterocycles. The van der Waals surface area contributed by atoms with Crippen LogP contribution in [0.5, 0.6) is 0 Å². The standard InChI is InChI=1S/C3H5Br2F3Se/c1-9(4,5)2-3(6,7)8/h2H2,1H3. The molecule has 0 aliphatic rings. The van der Waals surface area contributed by atoms with Crippen molar-refractivity contribution < 1.29 is 13.2 Å². The number of hydrogen-bond acceptors (Lipinski definition) is 0. The van der Waals surface area contributed by atoms with E-state index in [1.807, 2.05) is 0 Å². The molecular weight excluding hydrogens is 332 g/mol. The fourth-order valence-corrected chi connectivity index (χ4v) is 4.19. The van der Waals surface area contributed by atoms with Crippen LogP contribution in [0.15, 0.2) is 0 Å². The summed E-state index contributed by atoms with van der Waals surface area (Å²) in [5, 5.41) is -0.719. The van der Waals surface area contributed by atoms with Crippen molar-refractivity contribution in [3.63, 3.8) is 0 Å². The van der Waals surface area contributed by atoms with E-state index < -0.39 is 20.7 Å². The molecule has 0 N–H and O–H groups in total. The van der Waals surface area contributed by atoms with Gasteiger partial charge in [0, 0.05) is 0 Å². The van der Waals surface area contributed by atoms with Gasteiger partial charge in [-0.3, -0.25) is 0 Å². The van der Waals surface area contributed by atoms with Crippen molar-refractivity contribution in [1.82, 2.24) is 0 Å². The molecule has 0 rings (SSSR count). The van der Waals surface area contributed by atoms with E-state index in [1.54, 1.807) is 5.82 Å². The van der Waals surface area contributed by atoms with Crippen LogP contribution < -0.4 is 0 Å². The molecule has 58 valence electrons. The SMILES string of the molecule is C[Se](Br)(Br)CC(F)(F)F. The van der Waals surface area contributed by atoms with Crippen LogP contribution in [0.4, 0.5) is 13.2 Å².